The summed E-state index contributed by atoms with van der Waals surface area (Å²) < 4.78 is 49.4. The van der Waals surface area contributed by atoms with E-state index in [-0.39, 0.29) is 40.4 Å². The van der Waals surface area contributed by atoms with Gasteiger partial charge < -0.3 is 9.84 Å². The van der Waals surface area contributed by atoms with Crippen LogP contribution in [0.1, 0.15) is 60.2 Å². The van der Waals surface area contributed by atoms with E-state index in [2.05, 4.69) is 35.6 Å². The SMILES string of the molecule is CNC(=O)c1nc(-c2ncc(F)c([C@@]34CC[C@@H](c5cc(-c6c(F)cccc6F)nnc53)C4(C)C)n2)no1. The highest BCUT2D eigenvalue weighted by Crippen LogP contribution is 2.69. The molecular formula is C25H20F3N7O2. The third-order valence-electron chi connectivity index (χ3n) is 7.80. The monoisotopic (exact) mass is 507 g/mol. The number of aromatic nitrogens is 6. The first kappa shape index (κ1) is 23.2. The van der Waals surface area contributed by atoms with E-state index in [0.29, 0.717) is 18.5 Å². The summed E-state index contributed by atoms with van der Waals surface area (Å²) >= 11 is 0. The molecule has 4 aromatic rings. The maximum absolute atomic E-state index is 15.5. The van der Waals surface area contributed by atoms with Crippen LogP contribution in [0.5, 0.6) is 0 Å². The first-order valence-corrected chi connectivity index (χ1v) is 11.6. The third-order valence-corrected chi connectivity index (χ3v) is 7.80. The summed E-state index contributed by atoms with van der Waals surface area (Å²) in [6, 6.07) is 5.25. The van der Waals surface area contributed by atoms with Gasteiger partial charge in [-0.2, -0.15) is 10.1 Å². The number of fused-ring (bicyclic) bond motifs is 5. The number of carbonyl (C=O) groups excluding carboxylic acids is 1. The Morgan fingerprint density at radius 2 is 1.81 bits per heavy atom. The van der Waals surface area contributed by atoms with Crippen molar-refractivity contribution in [3.8, 4) is 22.9 Å². The van der Waals surface area contributed by atoms with Gasteiger partial charge in [0.05, 0.1) is 34.3 Å². The van der Waals surface area contributed by atoms with Gasteiger partial charge in [0.15, 0.2) is 5.82 Å². The number of rotatable bonds is 4. The van der Waals surface area contributed by atoms with Gasteiger partial charge in [-0.1, -0.05) is 25.1 Å². The Hall–Kier alpha value is -4.22. The van der Waals surface area contributed by atoms with E-state index in [4.69, 9.17) is 4.52 Å². The molecule has 12 heteroatoms. The van der Waals surface area contributed by atoms with Crippen LogP contribution in [-0.2, 0) is 5.41 Å². The topological polar surface area (TPSA) is 120 Å². The molecule has 2 atom stereocenters. The number of carbonyl (C=O) groups is 1. The highest BCUT2D eigenvalue weighted by molar-refractivity contribution is 5.89. The van der Waals surface area contributed by atoms with E-state index >= 15 is 4.39 Å². The number of nitrogens with zero attached hydrogens (tertiary/aromatic N) is 6. The lowest BCUT2D eigenvalue weighted by Crippen LogP contribution is -2.39. The fourth-order valence-corrected chi connectivity index (χ4v) is 6.00. The highest BCUT2D eigenvalue weighted by Gasteiger charge is 2.66. The Morgan fingerprint density at radius 3 is 2.54 bits per heavy atom. The molecule has 0 unspecified atom stereocenters. The van der Waals surface area contributed by atoms with E-state index in [0.717, 1.165) is 23.9 Å². The van der Waals surface area contributed by atoms with E-state index in [1.807, 2.05) is 13.8 Å². The van der Waals surface area contributed by atoms with Gasteiger partial charge in [-0.05, 0) is 47.9 Å². The second kappa shape index (κ2) is 7.89. The Balaban J connectivity index is 1.51. The molecule has 1 fully saturated rings. The van der Waals surface area contributed by atoms with E-state index < -0.39 is 34.2 Å². The predicted molar refractivity (Wildman–Crippen MR) is 123 cm³/mol. The minimum Gasteiger partial charge on any atom is -0.351 e. The number of nitrogens with one attached hydrogen (secondary N) is 1. The molecule has 2 bridgehead atoms. The third kappa shape index (κ3) is 3.07. The summed E-state index contributed by atoms with van der Waals surface area (Å²) in [7, 11) is 1.42. The zero-order valence-electron chi connectivity index (χ0n) is 20.0. The van der Waals surface area contributed by atoms with Gasteiger partial charge in [0.2, 0.25) is 11.6 Å². The molecule has 6 rings (SSSR count). The lowest BCUT2D eigenvalue weighted by atomic mass is 9.66. The van der Waals surface area contributed by atoms with Gasteiger partial charge in [0, 0.05) is 7.05 Å². The zero-order chi connectivity index (χ0) is 26.1. The summed E-state index contributed by atoms with van der Waals surface area (Å²) in [5.41, 5.74) is -0.373. The number of hydrogen-bond donors (Lipinski definition) is 1. The lowest BCUT2D eigenvalue weighted by Gasteiger charge is -2.37. The number of amides is 1. The summed E-state index contributed by atoms with van der Waals surface area (Å²) in [6.07, 6.45) is 2.25. The molecule has 2 aliphatic rings. The van der Waals surface area contributed by atoms with Gasteiger partial charge in [0.1, 0.15) is 11.6 Å². The summed E-state index contributed by atoms with van der Waals surface area (Å²) in [5, 5.41) is 14.7. The van der Waals surface area contributed by atoms with Crippen molar-refractivity contribution in [1.82, 2.24) is 35.6 Å². The second-order valence-electron chi connectivity index (χ2n) is 9.74. The molecule has 0 saturated heterocycles. The molecule has 37 heavy (non-hydrogen) atoms. The Labute approximate surface area is 208 Å². The smallest absolute Gasteiger partial charge is 0.316 e. The molecule has 2 aliphatic carbocycles. The van der Waals surface area contributed by atoms with Crippen LogP contribution in [0.3, 0.4) is 0 Å². The average Bonchev–Trinajstić information content (AvgIpc) is 3.52. The van der Waals surface area contributed by atoms with E-state index in [1.165, 1.54) is 13.1 Å². The molecule has 188 valence electrons. The minimum absolute atomic E-state index is 0.0182. The Bertz CT molecular complexity index is 1570. The molecule has 1 N–H and O–H groups in total. The molecule has 1 saturated carbocycles. The van der Waals surface area contributed by atoms with Crippen LogP contribution in [0.15, 0.2) is 35.0 Å². The summed E-state index contributed by atoms with van der Waals surface area (Å²) in [6.45, 7) is 3.99. The fraction of sp³-hybridized carbons (Fsp3) is 0.320. The first-order chi connectivity index (χ1) is 17.7. The second-order valence-corrected chi connectivity index (χ2v) is 9.74. The Morgan fingerprint density at radius 1 is 1.05 bits per heavy atom. The van der Waals surface area contributed by atoms with Crippen LogP contribution in [0.25, 0.3) is 22.9 Å². The van der Waals surface area contributed by atoms with Gasteiger partial charge in [0.25, 0.3) is 0 Å². The van der Waals surface area contributed by atoms with Gasteiger partial charge in [-0.3, -0.25) is 4.79 Å². The van der Waals surface area contributed by atoms with Crippen molar-refractivity contribution in [2.45, 2.75) is 38.0 Å². The summed E-state index contributed by atoms with van der Waals surface area (Å²) in [5.74, 6) is -3.16. The molecule has 9 nitrogen and oxygen atoms in total. The van der Waals surface area contributed by atoms with E-state index in [1.54, 1.807) is 6.07 Å². The maximum atomic E-state index is 15.5. The van der Waals surface area contributed by atoms with Crippen LogP contribution in [0.2, 0.25) is 0 Å². The van der Waals surface area contributed by atoms with Crippen LogP contribution in [0.4, 0.5) is 13.2 Å². The molecule has 1 amide bonds. The number of halogens is 3. The maximum Gasteiger partial charge on any atom is 0.316 e. The van der Waals surface area contributed by atoms with Crippen molar-refractivity contribution in [3.05, 3.63) is 70.8 Å². The zero-order valence-corrected chi connectivity index (χ0v) is 20.0. The molecule has 0 aliphatic heterocycles. The van der Waals surface area contributed by atoms with Crippen LogP contribution in [0, 0.1) is 22.9 Å². The fourth-order valence-electron chi connectivity index (χ4n) is 6.00. The summed E-state index contributed by atoms with van der Waals surface area (Å²) in [4.78, 5) is 24.3. The molecule has 3 heterocycles. The van der Waals surface area contributed by atoms with Crippen molar-refractivity contribution < 1.29 is 22.5 Å². The first-order valence-electron chi connectivity index (χ1n) is 11.6. The molecular weight excluding hydrogens is 487 g/mol. The van der Waals surface area contributed by atoms with Crippen molar-refractivity contribution in [1.29, 1.82) is 0 Å². The minimum atomic E-state index is -0.985. The highest BCUT2D eigenvalue weighted by atomic mass is 19.1. The predicted octanol–water partition coefficient (Wildman–Crippen LogP) is 3.96. The van der Waals surface area contributed by atoms with Gasteiger partial charge in [-0.25, -0.2) is 23.1 Å². The molecule has 3 aromatic heterocycles. The van der Waals surface area contributed by atoms with Gasteiger partial charge in [-0.15, -0.1) is 5.10 Å². The van der Waals surface area contributed by atoms with Crippen LogP contribution < -0.4 is 5.32 Å². The van der Waals surface area contributed by atoms with Crippen LogP contribution in [-0.4, -0.2) is 43.3 Å². The lowest BCUT2D eigenvalue weighted by molar-refractivity contribution is 0.0919. The van der Waals surface area contributed by atoms with E-state index in [9.17, 15) is 13.6 Å². The van der Waals surface area contributed by atoms with Crippen LogP contribution >= 0.6 is 0 Å². The normalized spacial score (nSPS) is 21.2. The molecule has 1 aromatic carbocycles. The molecule has 0 radical (unpaired) electrons. The standard InChI is InChI=1S/C25H20F3N7O2/c1-24(2)12-7-8-25(24,18-11(12)9-16(33-34-18)17-13(26)5-4-6-14(17)27)19-15(28)10-30-20(31-19)21-32-23(37-35-21)22(36)29-3/h4-6,9-10,12H,7-8H2,1-3H3,(H,29,36)/t12-,25+/m0/s1. The van der Waals surface area contributed by atoms with Crippen molar-refractivity contribution in [2.75, 3.05) is 7.05 Å². The number of hydrogen-bond acceptors (Lipinski definition) is 8. The Kier molecular flexibility index (Phi) is 4.95. The largest absolute Gasteiger partial charge is 0.351 e. The van der Waals surface area contributed by atoms with Gasteiger partial charge >= 0.3 is 11.8 Å². The van der Waals surface area contributed by atoms with Crippen molar-refractivity contribution in [3.63, 3.8) is 0 Å². The molecule has 0 spiro atoms. The van der Waals surface area contributed by atoms with Crippen molar-refractivity contribution in [2.24, 2.45) is 5.41 Å². The average molecular weight is 507 g/mol. The van der Waals surface area contributed by atoms with Crippen molar-refractivity contribution >= 4 is 5.91 Å². The quantitative estimate of drug-likeness (QED) is 0.441. The number of benzene rings is 1.